The van der Waals surface area contributed by atoms with Gasteiger partial charge < -0.3 is 10.5 Å². The number of hydrogen-bond acceptors (Lipinski definition) is 5. The van der Waals surface area contributed by atoms with Crippen molar-refractivity contribution in [1.29, 1.82) is 0 Å². The molecule has 110 valence electrons. The molecular weight excluding hydrogens is 345 g/mol. The van der Waals surface area contributed by atoms with Crippen LogP contribution in [0, 0.1) is 15.9 Å². The van der Waals surface area contributed by atoms with E-state index in [1.54, 1.807) is 19.1 Å². The zero-order valence-corrected chi connectivity index (χ0v) is 12.5. The van der Waals surface area contributed by atoms with Crippen LogP contribution in [0.15, 0.2) is 34.9 Å². The number of halogens is 2. The second-order valence-electron chi connectivity index (χ2n) is 4.31. The van der Waals surface area contributed by atoms with E-state index in [0.29, 0.717) is 0 Å². The molecule has 0 bridgehead atoms. The highest BCUT2D eigenvalue weighted by molar-refractivity contribution is 9.10. The first-order chi connectivity index (χ1) is 9.88. The summed E-state index contributed by atoms with van der Waals surface area (Å²) in [6.07, 6.45) is 1.47. The predicted octanol–water partition coefficient (Wildman–Crippen LogP) is 3.70. The molecule has 0 fully saturated rings. The number of nitro groups is 1. The standard InChI is InChI=1S/C13H11BrFN3O3/c1-7(16)8-2-3-17-13(4-8)21-12-6-10(15)9(14)5-11(12)18(19)20/h2-7H,16H2,1H3. The number of ether oxygens (including phenoxy) is 1. The Morgan fingerprint density at radius 2 is 2.19 bits per heavy atom. The second kappa shape index (κ2) is 6.15. The van der Waals surface area contributed by atoms with E-state index in [4.69, 9.17) is 10.5 Å². The van der Waals surface area contributed by atoms with Crippen LogP contribution in [0.4, 0.5) is 10.1 Å². The molecule has 1 aromatic carbocycles. The Morgan fingerprint density at radius 1 is 1.48 bits per heavy atom. The lowest BCUT2D eigenvalue weighted by Crippen LogP contribution is -2.05. The molecule has 8 heteroatoms. The fourth-order valence-corrected chi connectivity index (χ4v) is 1.95. The number of hydrogen-bond donors (Lipinski definition) is 1. The molecule has 0 amide bonds. The monoisotopic (exact) mass is 355 g/mol. The number of pyridine rings is 1. The Bertz CT molecular complexity index is 694. The summed E-state index contributed by atoms with van der Waals surface area (Å²) < 4.78 is 18.9. The zero-order valence-electron chi connectivity index (χ0n) is 10.9. The summed E-state index contributed by atoms with van der Waals surface area (Å²) in [7, 11) is 0. The summed E-state index contributed by atoms with van der Waals surface area (Å²) in [5, 5.41) is 11.0. The lowest BCUT2D eigenvalue weighted by Gasteiger charge is -2.09. The van der Waals surface area contributed by atoms with E-state index in [2.05, 4.69) is 20.9 Å². The maximum Gasteiger partial charge on any atom is 0.312 e. The smallest absolute Gasteiger partial charge is 0.312 e. The molecule has 0 aliphatic carbocycles. The maximum atomic E-state index is 13.5. The van der Waals surface area contributed by atoms with Gasteiger partial charge in [0.05, 0.1) is 9.40 Å². The Labute approximate surface area is 128 Å². The highest BCUT2D eigenvalue weighted by Crippen LogP contribution is 2.35. The number of nitrogens with two attached hydrogens (primary N) is 1. The van der Waals surface area contributed by atoms with Crippen molar-refractivity contribution in [3.8, 4) is 11.6 Å². The van der Waals surface area contributed by atoms with Gasteiger partial charge in [-0.2, -0.15) is 0 Å². The number of rotatable bonds is 4. The summed E-state index contributed by atoms with van der Waals surface area (Å²) in [5.74, 6) is -0.788. The van der Waals surface area contributed by atoms with Crippen LogP contribution in [0.3, 0.4) is 0 Å². The van der Waals surface area contributed by atoms with Gasteiger partial charge in [-0.25, -0.2) is 9.37 Å². The SMILES string of the molecule is CC(N)c1ccnc(Oc2cc(F)c(Br)cc2[N+](=O)[O-])c1. The number of aromatic nitrogens is 1. The molecule has 1 aromatic heterocycles. The van der Waals surface area contributed by atoms with Crippen molar-refractivity contribution in [3.05, 3.63) is 56.4 Å². The van der Waals surface area contributed by atoms with Crippen LogP contribution in [0.2, 0.25) is 0 Å². The first-order valence-electron chi connectivity index (χ1n) is 5.91. The molecule has 1 unspecified atom stereocenters. The summed E-state index contributed by atoms with van der Waals surface area (Å²) in [5.41, 5.74) is 6.13. The van der Waals surface area contributed by atoms with Crippen LogP contribution in [0.5, 0.6) is 11.6 Å². The summed E-state index contributed by atoms with van der Waals surface area (Å²) in [6, 6.07) is 4.98. The van der Waals surface area contributed by atoms with Gasteiger partial charge in [0.15, 0.2) is 0 Å². The van der Waals surface area contributed by atoms with Gasteiger partial charge in [0, 0.05) is 30.4 Å². The third-order valence-electron chi connectivity index (χ3n) is 2.70. The fraction of sp³-hybridized carbons (Fsp3) is 0.154. The Hall–Kier alpha value is -2.06. The van der Waals surface area contributed by atoms with E-state index in [1.807, 2.05) is 0 Å². The molecule has 2 rings (SSSR count). The van der Waals surface area contributed by atoms with Gasteiger partial charge in [0.2, 0.25) is 11.6 Å². The quantitative estimate of drug-likeness (QED) is 0.666. The van der Waals surface area contributed by atoms with Gasteiger partial charge in [-0.15, -0.1) is 0 Å². The molecule has 2 aromatic rings. The van der Waals surface area contributed by atoms with Crippen LogP contribution >= 0.6 is 15.9 Å². The van der Waals surface area contributed by atoms with Gasteiger partial charge >= 0.3 is 5.69 Å². The number of benzene rings is 1. The molecule has 0 saturated carbocycles. The minimum Gasteiger partial charge on any atom is -0.432 e. The molecule has 0 aliphatic rings. The summed E-state index contributed by atoms with van der Waals surface area (Å²) in [6.45, 7) is 1.78. The number of nitrogens with zero attached hydrogens (tertiary/aromatic N) is 2. The van der Waals surface area contributed by atoms with Gasteiger partial charge in [0.1, 0.15) is 5.82 Å². The van der Waals surface area contributed by atoms with Crippen molar-refractivity contribution in [2.45, 2.75) is 13.0 Å². The average Bonchev–Trinajstić information content (AvgIpc) is 2.42. The minimum absolute atomic E-state index is 0.0150. The maximum absolute atomic E-state index is 13.5. The third kappa shape index (κ3) is 3.53. The average molecular weight is 356 g/mol. The van der Waals surface area contributed by atoms with Crippen molar-refractivity contribution in [1.82, 2.24) is 4.98 Å². The Kier molecular flexibility index (Phi) is 4.49. The molecule has 0 radical (unpaired) electrons. The van der Waals surface area contributed by atoms with Crippen LogP contribution in [0.1, 0.15) is 18.5 Å². The van der Waals surface area contributed by atoms with Crippen LogP contribution in [-0.4, -0.2) is 9.91 Å². The normalized spacial score (nSPS) is 12.0. The molecule has 1 atom stereocenters. The van der Waals surface area contributed by atoms with Crippen LogP contribution in [-0.2, 0) is 0 Å². The third-order valence-corrected chi connectivity index (χ3v) is 3.31. The van der Waals surface area contributed by atoms with Crippen molar-refractivity contribution in [2.24, 2.45) is 5.73 Å². The van der Waals surface area contributed by atoms with Crippen LogP contribution < -0.4 is 10.5 Å². The van der Waals surface area contributed by atoms with Gasteiger partial charge in [-0.3, -0.25) is 10.1 Å². The molecule has 0 aliphatic heterocycles. The van der Waals surface area contributed by atoms with E-state index >= 15 is 0 Å². The van der Waals surface area contributed by atoms with E-state index in [9.17, 15) is 14.5 Å². The summed E-state index contributed by atoms with van der Waals surface area (Å²) >= 11 is 2.90. The van der Waals surface area contributed by atoms with E-state index in [-0.39, 0.29) is 27.8 Å². The van der Waals surface area contributed by atoms with E-state index in [0.717, 1.165) is 17.7 Å². The molecule has 21 heavy (non-hydrogen) atoms. The Morgan fingerprint density at radius 3 is 2.81 bits per heavy atom. The van der Waals surface area contributed by atoms with Crippen molar-refractivity contribution >= 4 is 21.6 Å². The molecule has 6 nitrogen and oxygen atoms in total. The lowest BCUT2D eigenvalue weighted by atomic mass is 10.1. The largest absolute Gasteiger partial charge is 0.432 e. The second-order valence-corrected chi connectivity index (χ2v) is 5.16. The van der Waals surface area contributed by atoms with E-state index in [1.165, 1.54) is 6.20 Å². The predicted molar refractivity (Wildman–Crippen MR) is 77.7 cm³/mol. The number of nitro benzene ring substituents is 1. The highest BCUT2D eigenvalue weighted by Gasteiger charge is 2.20. The van der Waals surface area contributed by atoms with Crippen LogP contribution in [0.25, 0.3) is 0 Å². The molecule has 1 heterocycles. The molecule has 0 spiro atoms. The molecular formula is C13H11BrFN3O3. The highest BCUT2D eigenvalue weighted by atomic mass is 79.9. The Balaban J connectivity index is 2.41. The summed E-state index contributed by atoms with van der Waals surface area (Å²) in [4.78, 5) is 14.3. The zero-order chi connectivity index (χ0) is 15.6. The van der Waals surface area contributed by atoms with Gasteiger partial charge in [-0.1, -0.05) is 0 Å². The van der Waals surface area contributed by atoms with E-state index < -0.39 is 10.7 Å². The first kappa shape index (κ1) is 15.3. The van der Waals surface area contributed by atoms with Crippen molar-refractivity contribution in [3.63, 3.8) is 0 Å². The molecule has 0 saturated heterocycles. The van der Waals surface area contributed by atoms with Crippen molar-refractivity contribution < 1.29 is 14.1 Å². The van der Waals surface area contributed by atoms with Gasteiger partial charge in [-0.05, 0) is 34.5 Å². The van der Waals surface area contributed by atoms with Crippen molar-refractivity contribution in [2.75, 3.05) is 0 Å². The molecule has 2 N–H and O–H groups in total. The topological polar surface area (TPSA) is 91.3 Å². The minimum atomic E-state index is -0.668. The lowest BCUT2D eigenvalue weighted by molar-refractivity contribution is -0.385. The van der Waals surface area contributed by atoms with Gasteiger partial charge in [0.25, 0.3) is 0 Å². The first-order valence-corrected chi connectivity index (χ1v) is 6.70. The fourth-order valence-electron chi connectivity index (χ4n) is 1.62.